The van der Waals surface area contributed by atoms with Crippen LogP contribution in [-0.4, -0.2) is 24.2 Å². The van der Waals surface area contributed by atoms with E-state index in [2.05, 4.69) is 45.1 Å². The van der Waals surface area contributed by atoms with Crippen molar-refractivity contribution in [3.8, 4) is 0 Å². The number of rotatable bonds is 2. The van der Waals surface area contributed by atoms with E-state index in [1.54, 1.807) is 6.20 Å². The lowest BCUT2D eigenvalue weighted by molar-refractivity contribution is 0.187. The highest BCUT2D eigenvalue weighted by Crippen LogP contribution is 2.37. The van der Waals surface area contributed by atoms with Crippen molar-refractivity contribution in [2.75, 3.05) is 17.3 Å². The number of carbonyl (C=O) groups is 1. The Morgan fingerprint density at radius 3 is 2.86 bits per heavy atom. The summed E-state index contributed by atoms with van der Waals surface area (Å²) in [5.74, 6) is 0.878. The maximum absolute atomic E-state index is 11.2. The SMILES string of the molecule is COC(=O)Nc1ccc(N2c3ccccc3CC2C)nc1. The topological polar surface area (TPSA) is 54.5 Å². The maximum atomic E-state index is 11.2. The molecule has 0 aliphatic carbocycles. The van der Waals surface area contributed by atoms with Gasteiger partial charge in [-0.2, -0.15) is 0 Å². The molecule has 2 aromatic rings. The minimum atomic E-state index is -0.496. The van der Waals surface area contributed by atoms with Crippen LogP contribution in [0.25, 0.3) is 0 Å². The van der Waals surface area contributed by atoms with Crippen LogP contribution in [0.2, 0.25) is 0 Å². The predicted molar refractivity (Wildman–Crippen MR) is 82.0 cm³/mol. The van der Waals surface area contributed by atoms with Crippen molar-refractivity contribution in [2.24, 2.45) is 0 Å². The molecule has 0 saturated carbocycles. The van der Waals surface area contributed by atoms with Crippen LogP contribution in [-0.2, 0) is 11.2 Å². The Morgan fingerprint density at radius 2 is 2.14 bits per heavy atom. The van der Waals surface area contributed by atoms with Gasteiger partial charge in [0.15, 0.2) is 0 Å². The van der Waals surface area contributed by atoms with Crippen LogP contribution in [0.3, 0.4) is 0 Å². The number of pyridine rings is 1. The molecule has 1 aliphatic heterocycles. The monoisotopic (exact) mass is 283 g/mol. The fourth-order valence-electron chi connectivity index (χ4n) is 2.69. The van der Waals surface area contributed by atoms with Crippen LogP contribution in [0, 0.1) is 0 Å². The number of ether oxygens (including phenoxy) is 1. The molecule has 1 amide bonds. The fraction of sp³-hybridized carbons (Fsp3) is 0.250. The number of hydrogen-bond acceptors (Lipinski definition) is 4. The lowest BCUT2D eigenvalue weighted by Crippen LogP contribution is -2.24. The Bertz CT molecular complexity index is 655. The first-order chi connectivity index (χ1) is 10.2. The van der Waals surface area contributed by atoms with Gasteiger partial charge >= 0.3 is 6.09 Å². The Morgan fingerprint density at radius 1 is 1.33 bits per heavy atom. The van der Waals surface area contributed by atoms with Crippen LogP contribution in [0.4, 0.5) is 22.0 Å². The van der Waals surface area contributed by atoms with Crippen molar-refractivity contribution < 1.29 is 9.53 Å². The Balaban J connectivity index is 1.86. The molecule has 108 valence electrons. The number of nitrogens with one attached hydrogen (secondary N) is 1. The number of fused-ring (bicyclic) bond motifs is 1. The van der Waals surface area contributed by atoms with Crippen molar-refractivity contribution in [1.29, 1.82) is 0 Å². The maximum Gasteiger partial charge on any atom is 0.411 e. The van der Waals surface area contributed by atoms with Gasteiger partial charge in [0.25, 0.3) is 0 Å². The zero-order valence-corrected chi connectivity index (χ0v) is 12.0. The van der Waals surface area contributed by atoms with Crippen LogP contribution in [0.5, 0.6) is 0 Å². The average Bonchev–Trinajstić information content (AvgIpc) is 2.84. The standard InChI is InChI=1S/C16H17N3O2/c1-11-9-12-5-3-4-6-14(12)19(11)15-8-7-13(10-17-15)18-16(20)21-2/h3-8,10-11H,9H2,1-2H3,(H,18,20). The Labute approximate surface area is 123 Å². The molecule has 3 rings (SSSR count). The molecule has 1 aromatic heterocycles. The molecular formula is C16H17N3O2. The van der Waals surface area contributed by atoms with Gasteiger partial charge in [0, 0.05) is 11.7 Å². The zero-order chi connectivity index (χ0) is 14.8. The number of methoxy groups -OCH3 is 1. The molecule has 1 aliphatic rings. The summed E-state index contributed by atoms with van der Waals surface area (Å²) in [6.07, 6.45) is 2.16. The summed E-state index contributed by atoms with van der Waals surface area (Å²) in [5.41, 5.74) is 3.15. The summed E-state index contributed by atoms with van der Waals surface area (Å²) in [6.45, 7) is 2.18. The van der Waals surface area contributed by atoms with Crippen LogP contribution in [0.1, 0.15) is 12.5 Å². The van der Waals surface area contributed by atoms with Crippen LogP contribution in [0.15, 0.2) is 42.6 Å². The zero-order valence-electron chi connectivity index (χ0n) is 12.0. The van der Waals surface area contributed by atoms with Gasteiger partial charge in [0.05, 0.1) is 19.0 Å². The molecule has 0 saturated heterocycles. The third kappa shape index (κ3) is 2.54. The van der Waals surface area contributed by atoms with Gasteiger partial charge in [-0.05, 0) is 37.1 Å². The molecule has 0 bridgehead atoms. The van der Waals surface area contributed by atoms with Crippen molar-refractivity contribution in [3.05, 3.63) is 48.2 Å². The number of hydrogen-bond donors (Lipinski definition) is 1. The van der Waals surface area contributed by atoms with E-state index in [0.717, 1.165) is 12.2 Å². The van der Waals surface area contributed by atoms with Gasteiger partial charge < -0.3 is 9.64 Å². The first kappa shape index (κ1) is 13.4. The molecule has 5 nitrogen and oxygen atoms in total. The Kier molecular flexibility index (Phi) is 3.48. The van der Waals surface area contributed by atoms with Gasteiger partial charge in [-0.15, -0.1) is 0 Å². The molecular weight excluding hydrogens is 266 g/mol. The van der Waals surface area contributed by atoms with Gasteiger partial charge in [0.1, 0.15) is 5.82 Å². The fourth-order valence-corrected chi connectivity index (χ4v) is 2.69. The van der Waals surface area contributed by atoms with Gasteiger partial charge in [-0.3, -0.25) is 5.32 Å². The van der Waals surface area contributed by atoms with E-state index < -0.39 is 6.09 Å². The molecule has 2 heterocycles. The van der Waals surface area contributed by atoms with E-state index in [9.17, 15) is 4.79 Å². The van der Waals surface area contributed by atoms with Crippen molar-refractivity contribution >= 4 is 23.3 Å². The molecule has 0 radical (unpaired) electrons. The van der Waals surface area contributed by atoms with Crippen molar-refractivity contribution in [3.63, 3.8) is 0 Å². The smallest absolute Gasteiger partial charge is 0.411 e. The van der Waals surface area contributed by atoms with E-state index in [1.807, 2.05) is 18.2 Å². The number of para-hydroxylation sites is 1. The van der Waals surface area contributed by atoms with Crippen molar-refractivity contribution in [1.82, 2.24) is 4.98 Å². The van der Waals surface area contributed by atoms with Crippen LogP contribution < -0.4 is 10.2 Å². The van der Waals surface area contributed by atoms with Crippen molar-refractivity contribution in [2.45, 2.75) is 19.4 Å². The number of aromatic nitrogens is 1. The van der Waals surface area contributed by atoms with E-state index in [1.165, 1.54) is 18.4 Å². The summed E-state index contributed by atoms with van der Waals surface area (Å²) in [4.78, 5) is 17.8. The normalized spacial score (nSPS) is 16.5. The second kappa shape index (κ2) is 5.44. The highest BCUT2D eigenvalue weighted by atomic mass is 16.5. The third-order valence-corrected chi connectivity index (χ3v) is 3.63. The quantitative estimate of drug-likeness (QED) is 0.918. The molecule has 0 fully saturated rings. The Hall–Kier alpha value is -2.56. The highest BCUT2D eigenvalue weighted by molar-refractivity contribution is 5.84. The average molecular weight is 283 g/mol. The van der Waals surface area contributed by atoms with E-state index >= 15 is 0 Å². The first-order valence-corrected chi connectivity index (χ1v) is 6.87. The molecule has 21 heavy (non-hydrogen) atoms. The number of nitrogens with zero attached hydrogens (tertiary/aromatic N) is 2. The lowest BCUT2D eigenvalue weighted by Gasteiger charge is -2.23. The van der Waals surface area contributed by atoms with Gasteiger partial charge in [0.2, 0.25) is 0 Å². The summed E-state index contributed by atoms with van der Waals surface area (Å²) in [5, 5.41) is 2.60. The largest absolute Gasteiger partial charge is 0.453 e. The minimum absolute atomic E-state index is 0.370. The van der Waals surface area contributed by atoms with E-state index in [0.29, 0.717) is 11.7 Å². The number of carbonyl (C=O) groups excluding carboxylic acids is 1. The number of anilines is 3. The molecule has 1 N–H and O–H groups in total. The number of benzene rings is 1. The van der Waals surface area contributed by atoms with E-state index in [4.69, 9.17) is 0 Å². The van der Waals surface area contributed by atoms with E-state index in [-0.39, 0.29) is 0 Å². The summed E-state index contributed by atoms with van der Waals surface area (Å²) < 4.78 is 4.56. The minimum Gasteiger partial charge on any atom is -0.453 e. The van der Waals surface area contributed by atoms with Gasteiger partial charge in [-0.25, -0.2) is 9.78 Å². The second-order valence-corrected chi connectivity index (χ2v) is 5.07. The number of amides is 1. The molecule has 5 heteroatoms. The predicted octanol–water partition coefficient (Wildman–Crippen LogP) is 3.34. The van der Waals surface area contributed by atoms with Gasteiger partial charge in [-0.1, -0.05) is 18.2 Å². The molecule has 1 aromatic carbocycles. The second-order valence-electron chi connectivity index (χ2n) is 5.07. The highest BCUT2D eigenvalue weighted by Gasteiger charge is 2.27. The van der Waals surface area contributed by atoms with Crippen LogP contribution >= 0.6 is 0 Å². The molecule has 1 atom stereocenters. The molecule has 1 unspecified atom stereocenters. The molecule has 0 spiro atoms. The summed E-state index contributed by atoms with van der Waals surface area (Å²) in [6, 6.07) is 12.5. The first-order valence-electron chi connectivity index (χ1n) is 6.87. The lowest BCUT2D eigenvalue weighted by atomic mass is 10.1. The third-order valence-electron chi connectivity index (χ3n) is 3.63. The summed E-state index contributed by atoms with van der Waals surface area (Å²) in [7, 11) is 1.33. The summed E-state index contributed by atoms with van der Waals surface area (Å²) >= 11 is 0.